The van der Waals surface area contributed by atoms with E-state index in [4.69, 9.17) is 5.73 Å². The van der Waals surface area contributed by atoms with Gasteiger partial charge in [0.25, 0.3) is 10.2 Å². The van der Waals surface area contributed by atoms with Crippen molar-refractivity contribution in [3.8, 4) is 0 Å². The van der Waals surface area contributed by atoms with Gasteiger partial charge < -0.3 is 5.73 Å². The molecule has 5 nitrogen and oxygen atoms in total. The SMILES string of the molecule is NC1CCCN1S(=O)(=O)NC1CC1. The predicted molar refractivity (Wildman–Crippen MR) is 49.0 cm³/mol. The summed E-state index contributed by atoms with van der Waals surface area (Å²) < 4.78 is 27.2. The van der Waals surface area contributed by atoms with Gasteiger partial charge in [0, 0.05) is 12.6 Å². The fourth-order valence-corrected chi connectivity index (χ4v) is 3.17. The smallest absolute Gasteiger partial charge is 0.281 e. The minimum Gasteiger partial charge on any atom is -0.315 e. The molecule has 0 bridgehead atoms. The first-order chi connectivity index (χ1) is 6.09. The number of nitrogens with zero attached hydrogens (tertiary/aromatic N) is 1. The van der Waals surface area contributed by atoms with E-state index in [-0.39, 0.29) is 12.2 Å². The largest absolute Gasteiger partial charge is 0.315 e. The highest BCUT2D eigenvalue weighted by molar-refractivity contribution is 7.87. The van der Waals surface area contributed by atoms with Crippen LogP contribution in [0.5, 0.6) is 0 Å². The zero-order valence-corrected chi connectivity index (χ0v) is 8.26. The van der Waals surface area contributed by atoms with Gasteiger partial charge in [0.15, 0.2) is 0 Å². The number of nitrogens with one attached hydrogen (secondary N) is 1. The van der Waals surface area contributed by atoms with E-state index < -0.39 is 10.2 Å². The topological polar surface area (TPSA) is 75.4 Å². The summed E-state index contributed by atoms with van der Waals surface area (Å²) in [6, 6.07) is 0.165. The lowest BCUT2D eigenvalue weighted by Gasteiger charge is -2.20. The zero-order valence-electron chi connectivity index (χ0n) is 7.44. The Labute approximate surface area is 78.5 Å². The molecular formula is C7H15N3O2S. The van der Waals surface area contributed by atoms with Gasteiger partial charge in [0.1, 0.15) is 0 Å². The first-order valence-electron chi connectivity index (χ1n) is 4.64. The van der Waals surface area contributed by atoms with Gasteiger partial charge in [-0.1, -0.05) is 0 Å². The Morgan fingerprint density at radius 1 is 1.31 bits per heavy atom. The van der Waals surface area contributed by atoms with Crippen molar-refractivity contribution in [1.29, 1.82) is 0 Å². The lowest BCUT2D eigenvalue weighted by Crippen LogP contribution is -2.47. The fourth-order valence-electron chi connectivity index (χ4n) is 1.54. The molecule has 6 heteroatoms. The molecule has 1 aliphatic carbocycles. The molecule has 13 heavy (non-hydrogen) atoms. The maximum absolute atomic E-state index is 11.6. The van der Waals surface area contributed by atoms with Crippen LogP contribution in [0.4, 0.5) is 0 Å². The molecule has 1 saturated carbocycles. The van der Waals surface area contributed by atoms with Crippen molar-refractivity contribution in [2.24, 2.45) is 5.73 Å². The van der Waals surface area contributed by atoms with Crippen LogP contribution in [0.3, 0.4) is 0 Å². The van der Waals surface area contributed by atoms with E-state index in [9.17, 15) is 8.42 Å². The lowest BCUT2D eigenvalue weighted by atomic mass is 10.3. The van der Waals surface area contributed by atoms with Gasteiger partial charge in [0.2, 0.25) is 0 Å². The summed E-state index contributed by atoms with van der Waals surface area (Å²) in [5, 5.41) is 0. The van der Waals surface area contributed by atoms with Crippen molar-refractivity contribution in [3.05, 3.63) is 0 Å². The minimum atomic E-state index is -3.29. The van der Waals surface area contributed by atoms with Crippen molar-refractivity contribution in [3.63, 3.8) is 0 Å². The molecule has 2 aliphatic rings. The van der Waals surface area contributed by atoms with Crippen molar-refractivity contribution >= 4 is 10.2 Å². The van der Waals surface area contributed by atoms with Crippen LogP contribution in [-0.4, -0.2) is 31.5 Å². The Balaban J connectivity index is 2.03. The molecule has 76 valence electrons. The summed E-state index contributed by atoms with van der Waals surface area (Å²) in [5.74, 6) is 0. The molecule has 0 aromatic rings. The summed E-state index contributed by atoms with van der Waals surface area (Å²) in [6.07, 6.45) is 3.24. The van der Waals surface area contributed by atoms with Crippen LogP contribution in [0.1, 0.15) is 25.7 Å². The van der Waals surface area contributed by atoms with Gasteiger partial charge in [-0.3, -0.25) is 0 Å². The molecule has 0 radical (unpaired) electrons. The third-order valence-electron chi connectivity index (χ3n) is 2.45. The second-order valence-corrected chi connectivity index (χ2v) is 5.37. The van der Waals surface area contributed by atoms with Crippen molar-refractivity contribution in [2.75, 3.05) is 6.54 Å². The molecule has 0 spiro atoms. The highest BCUT2D eigenvalue weighted by Gasteiger charge is 2.35. The van der Waals surface area contributed by atoms with E-state index in [0.717, 1.165) is 25.7 Å². The van der Waals surface area contributed by atoms with Gasteiger partial charge in [0.05, 0.1) is 6.17 Å². The highest BCUT2D eigenvalue weighted by atomic mass is 32.2. The fraction of sp³-hybridized carbons (Fsp3) is 1.00. The van der Waals surface area contributed by atoms with E-state index in [0.29, 0.717) is 6.54 Å². The maximum Gasteiger partial charge on any atom is 0.281 e. The first-order valence-corrected chi connectivity index (χ1v) is 6.08. The summed E-state index contributed by atoms with van der Waals surface area (Å²) in [7, 11) is -3.29. The number of hydrogen-bond acceptors (Lipinski definition) is 3. The Bertz CT molecular complexity index is 286. The second-order valence-electron chi connectivity index (χ2n) is 3.72. The summed E-state index contributed by atoms with van der Waals surface area (Å²) in [6.45, 7) is 0.559. The van der Waals surface area contributed by atoms with Crippen molar-refractivity contribution in [1.82, 2.24) is 9.03 Å². The molecule has 1 aliphatic heterocycles. The average Bonchev–Trinajstić information content (AvgIpc) is 2.69. The van der Waals surface area contributed by atoms with E-state index in [1.165, 1.54) is 4.31 Å². The molecule has 0 amide bonds. The molecule has 1 unspecified atom stereocenters. The Kier molecular flexibility index (Phi) is 2.31. The summed E-state index contributed by atoms with van der Waals surface area (Å²) in [4.78, 5) is 0. The van der Waals surface area contributed by atoms with Crippen LogP contribution in [0.2, 0.25) is 0 Å². The third-order valence-corrected chi connectivity index (χ3v) is 4.15. The van der Waals surface area contributed by atoms with Crippen LogP contribution in [0.15, 0.2) is 0 Å². The van der Waals surface area contributed by atoms with Gasteiger partial charge in [-0.25, -0.2) is 0 Å². The zero-order chi connectivity index (χ0) is 9.47. The Morgan fingerprint density at radius 2 is 2.00 bits per heavy atom. The Morgan fingerprint density at radius 3 is 2.46 bits per heavy atom. The second kappa shape index (κ2) is 3.20. The van der Waals surface area contributed by atoms with E-state index >= 15 is 0 Å². The van der Waals surface area contributed by atoms with Crippen molar-refractivity contribution < 1.29 is 8.42 Å². The van der Waals surface area contributed by atoms with Gasteiger partial charge in [-0.2, -0.15) is 17.4 Å². The number of hydrogen-bond donors (Lipinski definition) is 2. The molecule has 0 aromatic heterocycles. The normalized spacial score (nSPS) is 31.0. The van der Waals surface area contributed by atoms with E-state index in [1.54, 1.807) is 0 Å². The summed E-state index contributed by atoms with van der Waals surface area (Å²) in [5.41, 5.74) is 5.67. The van der Waals surface area contributed by atoms with Gasteiger partial charge in [-0.15, -0.1) is 0 Å². The van der Waals surface area contributed by atoms with Crippen LogP contribution >= 0.6 is 0 Å². The molecule has 2 fully saturated rings. The Hall–Kier alpha value is -0.170. The monoisotopic (exact) mass is 205 g/mol. The predicted octanol–water partition coefficient (Wildman–Crippen LogP) is -0.636. The van der Waals surface area contributed by atoms with Gasteiger partial charge in [-0.05, 0) is 25.7 Å². The first kappa shape index (κ1) is 9.39. The van der Waals surface area contributed by atoms with Crippen LogP contribution in [0, 0.1) is 0 Å². The van der Waals surface area contributed by atoms with E-state index in [1.807, 2.05) is 0 Å². The van der Waals surface area contributed by atoms with Crippen molar-refractivity contribution in [2.45, 2.75) is 37.9 Å². The molecule has 1 atom stereocenters. The molecular weight excluding hydrogens is 190 g/mol. The van der Waals surface area contributed by atoms with Crippen LogP contribution < -0.4 is 10.5 Å². The minimum absolute atomic E-state index is 0.165. The molecule has 2 rings (SSSR count). The molecule has 0 aromatic carbocycles. The maximum atomic E-state index is 11.6. The number of rotatable bonds is 3. The standard InChI is InChI=1S/C7H15N3O2S/c8-7-2-1-5-10(7)13(11,12)9-6-3-4-6/h6-7,9H,1-5,8H2. The summed E-state index contributed by atoms with van der Waals surface area (Å²) >= 11 is 0. The lowest BCUT2D eigenvalue weighted by molar-refractivity contribution is 0.388. The molecule has 1 heterocycles. The third kappa shape index (κ3) is 2.01. The average molecular weight is 205 g/mol. The molecule has 1 saturated heterocycles. The number of nitrogens with two attached hydrogens (primary N) is 1. The quantitative estimate of drug-likeness (QED) is 0.643. The van der Waals surface area contributed by atoms with Crippen LogP contribution in [-0.2, 0) is 10.2 Å². The van der Waals surface area contributed by atoms with Gasteiger partial charge >= 0.3 is 0 Å². The van der Waals surface area contributed by atoms with Crippen LogP contribution in [0.25, 0.3) is 0 Å². The highest BCUT2D eigenvalue weighted by Crippen LogP contribution is 2.23. The molecule has 3 N–H and O–H groups in total. The van der Waals surface area contributed by atoms with E-state index in [2.05, 4.69) is 4.72 Å².